The molecule has 0 amide bonds. The van der Waals surface area contributed by atoms with Crippen LogP contribution in [0.1, 0.15) is 5.56 Å². The molecule has 0 saturated carbocycles. The quantitative estimate of drug-likeness (QED) is 0.807. The fraction of sp³-hybridized carbons (Fsp3) is 0.0667. The zero-order chi connectivity index (χ0) is 14.9. The summed E-state index contributed by atoms with van der Waals surface area (Å²) in [5, 5.41) is 1.41. The maximum Gasteiger partial charge on any atom is 0.263 e. The zero-order valence-electron chi connectivity index (χ0n) is 11.3. The van der Waals surface area contributed by atoms with Crippen molar-refractivity contribution in [3.8, 4) is 0 Å². The van der Waals surface area contributed by atoms with Gasteiger partial charge in [0.2, 0.25) is 0 Å². The topological polar surface area (TPSA) is 72.0 Å². The fourth-order valence-corrected chi connectivity index (χ4v) is 3.34. The zero-order valence-corrected chi connectivity index (χ0v) is 12.1. The molecule has 6 heteroatoms. The van der Waals surface area contributed by atoms with Crippen LogP contribution in [0.2, 0.25) is 0 Å². The van der Waals surface area contributed by atoms with Crippen LogP contribution in [-0.2, 0) is 10.0 Å². The number of rotatable bonds is 3. The number of nitrogens with one attached hydrogen (secondary N) is 1. The van der Waals surface area contributed by atoms with Gasteiger partial charge in [-0.3, -0.25) is 9.71 Å². The third-order valence-corrected chi connectivity index (χ3v) is 4.50. The standard InChI is InChI=1S/C15H13N3O2S/c1-11-5-8-17-15(9-11)18-21(19,20)14-4-2-3-12-10-16-7-6-13(12)14/h2-10H,1H3,(H,17,18). The van der Waals surface area contributed by atoms with E-state index in [9.17, 15) is 8.42 Å². The predicted octanol–water partition coefficient (Wildman–Crippen LogP) is 2.74. The van der Waals surface area contributed by atoms with Gasteiger partial charge in [0.1, 0.15) is 5.82 Å². The molecule has 106 valence electrons. The van der Waals surface area contributed by atoms with Gasteiger partial charge in [0.05, 0.1) is 4.90 Å². The van der Waals surface area contributed by atoms with Gasteiger partial charge < -0.3 is 0 Å². The van der Waals surface area contributed by atoms with Crippen LogP contribution < -0.4 is 4.72 Å². The molecule has 0 aliphatic carbocycles. The van der Waals surface area contributed by atoms with E-state index in [1.54, 1.807) is 48.9 Å². The molecule has 3 rings (SSSR count). The van der Waals surface area contributed by atoms with E-state index < -0.39 is 10.0 Å². The fourth-order valence-electron chi connectivity index (χ4n) is 2.11. The smallest absolute Gasteiger partial charge is 0.263 e. The van der Waals surface area contributed by atoms with Crippen LogP contribution >= 0.6 is 0 Å². The second kappa shape index (κ2) is 5.14. The Bertz CT molecular complexity index is 902. The molecule has 2 aromatic heterocycles. The summed E-state index contributed by atoms with van der Waals surface area (Å²) in [7, 11) is -3.70. The second-order valence-electron chi connectivity index (χ2n) is 4.68. The molecule has 1 N–H and O–H groups in total. The van der Waals surface area contributed by atoms with Gasteiger partial charge in [-0.2, -0.15) is 0 Å². The largest absolute Gasteiger partial charge is 0.264 e. The molecule has 0 aliphatic rings. The summed E-state index contributed by atoms with van der Waals surface area (Å²) < 4.78 is 27.6. The Kier molecular flexibility index (Phi) is 3.31. The first-order chi connectivity index (χ1) is 10.1. The highest BCUT2D eigenvalue weighted by molar-refractivity contribution is 7.93. The maximum absolute atomic E-state index is 12.6. The van der Waals surface area contributed by atoms with Gasteiger partial charge in [0.25, 0.3) is 10.0 Å². The van der Waals surface area contributed by atoms with Crippen LogP contribution in [0, 0.1) is 6.92 Å². The van der Waals surface area contributed by atoms with Gasteiger partial charge in [0.15, 0.2) is 0 Å². The molecule has 0 bridgehead atoms. The first-order valence-corrected chi connectivity index (χ1v) is 7.83. The lowest BCUT2D eigenvalue weighted by Crippen LogP contribution is -2.14. The van der Waals surface area contributed by atoms with E-state index >= 15 is 0 Å². The Morgan fingerprint density at radius 1 is 1.10 bits per heavy atom. The van der Waals surface area contributed by atoms with Crippen LogP contribution in [0.4, 0.5) is 5.82 Å². The number of hydrogen-bond acceptors (Lipinski definition) is 4. The van der Waals surface area contributed by atoms with E-state index in [0.29, 0.717) is 11.2 Å². The highest BCUT2D eigenvalue weighted by atomic mass is 32.2. The Labute approximate surface area is 122 Å². The Morgan fingerprint density at radius 2 is 1.95 bits per heavy atom. The first kappa shape index (κ1) is 13.5. The molecule has 0 atom stereocenters. The molecular formula is C15H13N3O2S. The lowest BCUT2D eigenvalue weighted by Gasteiger charge is -2.10. The van der Waals surface area contributed by atoms with Gasteiger partial charge in [0, 0.05) is 29.4 Å². The van der Waals surface area contributed by atoms with E-state index in [4.69, 9.17) is 0 Å². The van der Waals surface area contributed by atoms with Gasteiger partial charge >= 0.3 is 0 Å². The molecule has 0 saturated heterocycles. The highest BCUT2D eigenvalue weighted by Gasteiger charge is 2.17. The van der Waals surface area contributed by atoms with Gasteiger partial charge in [-0.05, 0) is 36.8 Å². The number of hydrogen-bond donors (Lipinski definition) is 1. The summed E-state index contributed by atoms with van der Waals surface area (Å²) >= 11 is 0. The molecule has 0 radical (unpaired) electrons. The number of nitrogens with zero attached hydrogens (tertiary/aromatic N) is 2. The summed E-state index contributed by atoms with van der Waals surface area (Å²) in [6, 6.07) is 10.3. The monoisotopic (exact) mass is 299 g/mol. The SMILES string of the molecule is Cc1ccnc(NS(=O)(=O)c2cccc3cnccc23)c1. The number of aromatic nitrogens is 2. The van der Waals surface area contributed by atoms with E-state index in [-0.39, 0.29) is 4.90 Å². The molecule has 5 nitrogen and oxygen atoms in total. The summed E-state index contributed by atoms with van der Waals surface area (Å²) in [4.78, 5) is 8.25. The van der Waals surface area contributed by atoms with Crippen molar-refractivity contribution in [2.45, 2.75) is 11.8 Å². The van der Waals surface area contributed by atoms with Crippen molar-refractivity contribution in [2.75, 3.05) is 4.72 Å². The maximum atomic E-state index is 12.6. The molecule has 0 spiro atoms. The highest BCUT2D eigenvalue weighted by Crippen LogP contribution is 2.23. The minimum absolute atomic E-state index is 0.214. The Balaban J connectivity index is 2.09. The molecule has 1 aromatic carbocycles. The van der Waals surface area contributed by atoms with Crippen molar-refractivity contribution in [2.24, 2.45) is 0 Å². The minimum Gasteiger partial charge on any atom is -0.264 e. The summed E-state index contributed by atoms with van der Waals surface area (Å²) in [6.07, 6.45) is 4.78. The number of anilines is 1. The summed E-state index contributed by atoms with van der Waals surface area (Å²) in [6.45, 7) is 1.88. The van der Waals surface area contributed by atoms with Gasteiger partial charge in [-0.15, -0.1) is 0 Å². The van der Waals surface area contributed by atoms with Crippen molar-refractivity contribution in [1.82, 2.24) is 9.97 Å². The number of benzene rings is 1. The predicted molar refractivity (Wildman–Crippen MR) is 81.5 cm³/mol. The lowest BCUT2D eigenvalue weighted by atomic mass is 10.2. The van der Waals surface area contributed by atoms with Crippen LogP contribution in [0.5, 0.6) is 0 Å². The van der Waals surface area contributed by atoms with Gasteiger partial charge in [-0.1, -0.05) is 12.1 Å². The van der Waals surface area contributed by atoms with Crippen LogP contribution in [0.25, 0.3) is 10.8 Å². The molecule has 21 heavy (non-hydrogen) atoms. The van der Waals surface area contributed by atoms with Crippen molar-refractivity contribution in [3.63, 3.8) is 0 Å². The van der Waals surface area contributed by atoms with Crippen LogP contribution in [0.15, 0.2) is 59.9 Å². The Hall–Kier alpha value is -2.47. The average molecular weight is 299 g/mol. The summed E-state index contributed by atoms with van der Waals surface area (Å²) in [5.41, 5.74) is 0.935. The van der Waals surface area contributed by atoms with E-state index in [2.05, 4.69) is 14.7 Å². The van der Waals surface area contributed by atoms with E-state index in [0.717, 1.165) is 10.9 Å². The molecule has 0 aliphatic heterocycles. The van der Waals surface area contributed by atoms with Crippen LogP contribution in [0.3, 0.4) is 0 Å². The number of sulfonamides is 1. The number of aryl methyl sites for hydroxylation is 1. The first-order valence-electron chi connectivity index (χ1n) is 6.34. The normalized spacial score (nSPS) is 11.5. The number of fused-ring (bicyclic) bond motifs is 1. The molecular weight excluding hydrogens is 286 g/mol. The third-order valence-electron chi connectivity index (χ3n) is 3.08. The number of pyridine rings is 2. The molecule has 3 aromatic rings. The Morgan fingerprint density at radius 3 is 2.76 bits per heavy atom. The lowest BCUT2D eigenvalue weighted by molar-refractivity contribution is 0.602. The van der Waals surface area contributed by atoms with E-state index in [1.165, 1.54) is 0 Å². The molecule has 2 heterocycles. The van der Waals surface area contributed by atoms with Crippen molar-refractivity contribution < 1.29 is 8.42 Å². The average Bonchev–Trinajstić information content (AvgIpc) is 2.46. The van der Waals surface area contributed by atoms with Crippen molar-refractivity contribution >= 4 is 26.6 Å². The third kappa shape index (κ3) is 2.71. The second-order valence-corrected chi connectivity index (χ2v) is 6.33. The molecule has 0 unspecified atom stereocenters. The van der Waals surface area contributed by atoms with Crippen molar-refractivity contribution in [3.05, 3.63) is 60.6 Å². The van der Waals surface area contributed by atoms with Crippen molar-refractivity contribution in [1.29, 1.82) is 0 Å². The van der Waals surface area contributed by atoms with Crippen LogP contribution in [-0.4, -0.2) is 18.4 Å². The van der Waals surface area contributed by atoms with Gasteiger partial charge in [-0.25, -0.2) is 13.4 Å². The molecule has 0 fully saturated rings. The van der Waals surface area contributed by atoms with E-state index in [1.807, 2.05) is 13.0 Å². The minimum atomic E-state index is -3.70. The summed E-state index contributed by atoms with van der Waals surface area (Å²) in [5.74, 6) is 0.307.